The summed E-state index contributed by atoms with van der Waals surface area (Å²) in [5, 5.41) is 12.7. The Morgan fingerprint density at radius 2 is 2.13 bits per heavy atom. The number of benzene rings is 1. The summed E-state index contributed by atoms with van der Waals surface area (Å²) in [5.74, 6) is -1.23. The molecule has 8 nitrogen and oxygen atoms in total. The molecule has 1 aromatic heterocycles. The van der Waals surface area contributed by atoms with E-state index in [2.05, 4.69) is 10.3 Å². The fourth-order valence-electron chi connectivity index (χ4n) is 1.81. The summed E-state index contributed by atoms with van der Waals surface area (Å²) in [4.78, 5) is 37.2. The molecule has 0 atom stereocenters. The number of amides is 1. The van der Waals surface area contributed by atoms with Crippen molar-refractivity contribution in [3.05, 3.63) is 51.2 Å². The lowest BCUT2D eigenvalue weighted by molar-refractivity contribution is -0.380. The van der Waals surface area contributed by atoms with Gasteiger partial charge in [-0.2, -0.15) is 0 Å². The van der Waals surface area contributed by atoms with Gasteiger partial charge in [0.25, 0.3) is 5.91 Å². The third kappa shape index (κ3) is 4.33. The van der Waals surface area contributed by atoms with Gasteiger partial charge >= 0.3 is 11.0 Å². The summed E-state index contributed by atoms with van der Waals surface area (Å²) in [5.41, 5.74) is 2.15. The summed E-state index contributed by atoms with van der Waals surface area (Å²) in [6, 6.07) is 5.25. The van der Waals surface area contributed by atoms with Crippen LogP contribution in [0.1, 0.15) is 21.5 Å². The second-order valence-corrected chi connectivity index (χ2v) is 5.71. The van der Waals surface area contributed by atoms with E-state index in [1.807, 2.05) is 13.0 Å². The summed E-state index contributed by atoms with van der Waals surface area (Å²) in [6.45, 7) is 3.18. The molecule has 0 bridgehead atoms. The van der Waals surface area contributed by atoms with E-state index in [4.69, 9.17) is 4.74 Å². The Balaban J connectivity index is 1.90. The molecule has 0 fully saturated rings. The molecule has 0 spiro atoms. The normalized spacial score (nSPS) is 10.2. The lowest BCUT2D eigenvalue weighted by Gasteiger charge is -2.07. The molecule has 0 saturated heterocycles. The number of anilines is 1. The van der Waals surface area contributed by atoms with Gasteiger partial charge < -0.3 is 4.74 Å². The summed E-state index contributed by atoms with van der Waals surface area (Å²) >= 11 is 0.721. The van der Waals surface area contributed by atoms with Crippen LogP contribution in [0.25, 0.3) is 0 Å². The number of esters is 1. The first kappa shape index (κ1) is 16.6. The van der Waals surface area contributed by atoms with E-state index < -0.39 is 23.4 Å². The van der Waals surface area contributed by atoms with Gasteiger partial charge in [-0.25, -0.2) is 9.78 Å². The molecule has 120 valence electrons. The second kappa shape index (κ2) is 6.97. The zero-order valence-electron chi connectivity index (χ0n) is 12.4. The number of aromatic nitrogens is 1. The van der Waals surface area contributed by atoms with Crippen molar-refractivity contribution >= 4 is 33.3 Å². The monoisotopic (exact) mass is 335 g/mol. The van der Waals surface area contributed by atoms with Crippen molar-refractivity contribution in [3.63, 3.8) is 0 Å². The average Bonchev–Trinajstić information content (AvgIpc) is 2.93. The standard InChI is InChI=1S/C14H13N3O5S/c1-8-3-4-10(9(2)5-8)13(19)22-7-11(18)16-14-15-6-12(23-14)17(20)21/h3-6H,7H2,1-2H3,(H,15,16,18). The SMILES string of the molecule is Cc1ccc(C(=O)OCC(=O)Nc2ncc([N+](=O)[O-])s2)c(C)c1. The van der Waals surface area contributed by atoms with Gasteiger partial charge in [0, 0.05) is 0 Å². The molecule has 0 aliphatic rings. The van der Waals surface area contributed by atoms with E-state index in [1.165, 1.54) is 0 Å². The van der Waals surface area contributed by atoms with Crippen LogP contribution in [0.2, 0.25) is 0 Å². The van der Waals surface area contributed by atoms with Gasteiger partial charge in [0.05, 0.1) is 10.5 Å². The van der Waals surface area contributed by atoms with Crippen LogP contribution < -0.4 is 5.32 Å². The predicted octanol–water partition coefficient (Wildman–Crippen LogP) is 2.46. The van der Waals surface area contributed by atoms with Crippen molar-refractivity contribution in [1.82, 2.24) is 4.98 Å². The van der Waals surface area contributed by atoms with Crippen LogP contribution in [0.4, 0.5) is 10.1 Å². The van der Waals surface area contributed by atoms with Crippen LogP contribution in [-0.4, -0.2) is 28.4 Å². The highest BCUT2D eigenvalue weighted by Gasteiger charge is 2.16. The number of nitrogens with one attached hydrogen (secondary N) is 1. The van der Waals surface area contributed by atoms with Crippen LogP contribution in [0, 0.1) is 24.0 Å². The van der Waals surface area contributed by atoms with E-state index in [0.29, 0.717) is 5.56 Å². The summed E-state index contributed by atoms with van der Waals surface area (Å²) < 4.78 is 4.93. The average molecular weight is 335 g/mol. The number of carbonyl (C=O) groups is 2. The highest BCUT2D eigenvalue weighted by molar-refractivity contribution is 7.18. The second-order valence-electron chi connectivity index (χ2n) is 4.70. The minimum atomic E-state index is -0.618. The maximum Gasteiger partial charge on any atom is 0.345 e. The van der Waals surface area contributed by atoms with Crippen molar-refractivity contribution in [2.24, 2.45) is 0 Å². The van der Waals surface area contributed by atoms with E-state index in [-0.39, 0.29) is 10.1 Å². The largest absolute Gasteiger partial charge is 0.452 e. The lowest BCUT2D eigenvalue weighted by Crippen LogP contribution is -2.21. The molecule has 1 heterocycles. The molecule has 1 N–H and O–H groups in total. The molecule has 0 radical (unpaired) electrons. The Morgan fingerprint density at radius 3 is 2.74 bits per heavy atom. The topological polar surface area (TPSA) is 111 Å². The van der Waals surface area contributed by atoms with Crippen molar-refractivity contribution < 1.29 is 19.2 Å². The zero-order valence-corrected chi connectivity index (χ0v) is 13.2. The van der Waals surface area contributed by atoms with Gasteiger partial charge in [-0.1, -0.05) is 17.7 Å². The first-order valence-electron chi connectivity index (χ1n) is 6.51. The molecule has 1 aromatic carbocycles. The first-order chi connectivity index (χ1) is 10.9. The number of rotatable bonds is 5. The molecule has 0 aliphatic heterocycles. The number of nitro groups is 1. The quantitative estimate of drug-likeness (QED) is 0.510. The Labute approximate surface area is 135 Å². The highest BCUT2D eigenvalue weighted by atomic mass is 32.1. The van der Waals surface area contributed by atoms with Crippen LogP contribution in [0.5, 0.6) is 0 Å². The van der Waals surface area contributed by atoms with Gasteiger partial charge in [-0.3, -0.25) is 20.2 Å². The van der Waals surface area contributed by atoms with Crippen LogP contribution in [0.3, 0.4) is 0 Å². The summed E-state index contributed by atoms with van der Waals surface area (Å²) in [6.07, 6.45) is 1.04. The lowest BCUT2D eigenvalue weighted by atomic mass is 10.1. The van der Waals surface area contributed by atoms with E-state index in [9.17, 15) is 19.7 Å². The summed E-state index contributed by atoms with van der Waals surface area (Å²) in [7, 11) is 0. The third-order valence-corrected chi connectivity index (χ3v) is 3.72. The number of hydrogen-bond donors (Lipinski definition) is 1. The van der Waals surface area contributed by atoms with Crippen LogP contribution >= 0.6 is 11.3 Å². The number of hydrogen-bond acceptors (Lipinski definition) is 7. The number of carbonyl (C=O) groups excluding carboxylic acids is 2. The molecule has 9 heteroatoms. The maximum absolute atomic E-state index is 11.9. The molecule has 0 unspecified atom stereocenters. The zero-order chi connectivity index (χ0) is 17.0. The van der Waals surface area contributed by atoms with E-state index in [0.717, 1.165) is 28.7 Å². The molecule has 2 rings (SSSR count). The van der Waals surface area contributed by atoms with Crippen molar-refractivity contribution in [1.29, 1.82) is 0 Å². The third-order valence-electron chi connectivity index (χ3n) is 2.86. The van der Waals surface area contributed by atoms with Gasteiger partial charge in [0.15, 0.2) is 11.7 Å². The minimum absolute atomic E-state index is 0.0734. The number of nitrogens with zero attached hydrogens (tertiary/aromatic N) is 2. The van der Waals surface area contributed by atoms with Crippen molar-refractivity contribution in [2.45, 2.75) is 13.8 Å². The van der Waals surface area contributed by atoms with Crippen LogP contribution in [-0.2, 0) is 9.53 Å². The first-order valence-corrected chi connectivity index (χ1v) is 7.33. The Kier molecular flexibility index (Phi) is 5.02. The minimum Gasteiger partial charge on any atom is -0.452 e. The van der Waals surface area contributed by atoms with E-state index >= 15 is 0 Å². The molecule has 23 heavy (non-hydrogen) atoms. The van der Waals surface area contributed by atoms with Crippen LogP contribution in [0.15, 0.2) is 24.4 Å². The Hall–Kier alpha value is -2.81. The number of ether oxygens (including phenoxy) is 1. The maximum atomic E-state index is 11.9. The van der Waals surface area contributed by atoms with Gasteiger partial charge in [-0.05, 0) is 36.8 Å². The molecule has 0 aliphatic carbocycles. The van der Waals surface area contributed by atoms with Crippen molar-refractivity contribution in [2.75, 3.05) is 11.9 Å². The van der Waals surface area contributed by atoms with Gasteiger partial charge in [0.1, 0.15) is 6.20 Å². The molecular weight excluding hydrogens is 322 g/mol. The van der Waals surface area contributed by atoms with Crippen molar-refractivity contribution in [3.8, 4) is 0 Å². The molecular formula is C14H13N3O5S. The molecule has 1 amide bonds. The van der Waals surface area contributed by atoms with Gasteiger partial charge in [0.2, 0.25) is 0 Å². The van der Waals surface area contributed by atoms with Gasteiger partial charge in [-0.15, -0.1) is 0 Å². The predicted molar refractivity (Wildman–Crippen MR) is 83.6 cm³/mol. The molecule has 2 aromatic rings. The fourth-order valence-corrected chi connectivity index (χ4v) is 2.46. The van der Waals surface area contributed by atoms with E-state index in [1.54, 1.807) is 19.1 Å². The highest BCUT2D eigenvalue weighted by Crippen LogP contribution is 2.24. The number of aryl methyl sites for hydroxylation is 2. The number of thiazole rings is 1. The molecule has 0 saturated carbocycles. The Bertz CT molecular complexity index is 772. The smallest absolute Gasteiger partial charge is 0.345 e. The Morgan fingerprint density at radius 1 is 1.39 bits per heavy atom. The fraction of sp³-hybridized carbons (Fsp3) is 0.214.